The number of hydrogen-bond donors (Lipinski definition) is 1. The second-order valence-corrected chi connectivity index (χ2v) is 5.98. The molecule has 90 valence electrons. The molecule has 0 radical (unpaired) electrons. The predicted octanol–water partition coefficient (Wildman–Crippen LogP) is 3.69. The van der Waals surface area contributed by atoms with E-state index in [4.69, 9.17) is 0 Å². The quantitative estimate of drug-likeness (QED) is 0.668. The third-order valence-electron chi connectivity index (χ3n) is 3.40. The van der Waals surface area contributed by atoms with Gasteiger partial charge in [-0.2, -0.15) is 11.8 Å². The lowest BCUT2D eigenvalue weighted by Gasteiger charge is -2.32. The molecule has 1 rings (SSSR count). The first-order valence-corrected chi connectivity index (χ1v) is 7.85. The third-order valence-corrected chi connectivity index (χ3v) is 4.34. The van der Waals surface area contributed by atoms with Crippen LogP contribution in [0.5, 0.6) is 0 Å². The highest BCUT2D eigenvalue weighted by atomic mass is 32.2. The van der Waals surface area contributed by atoms with Gasteiger partial charge in [-0.3, -0.25) is 0 Å². The van der Waals surface area contributed by atoms with E-state index in [0.717, 1.165) is 12.0 Å². The van der Waals surface area contributed by atoms with E-state index in [1.165, 1.54) is 56.6 Å². The predicted molar refractivity (Wildman–Crippen MR) is 71.7 cm³/mol. The van der Waals surface area contributed by atoms with Crippen LogP contribution in [0.3, 0.4) is 0 Å². The minimum Gasteiger partial charge on any atom is -0.314 e. The monoisotopic (exact) mass is 229 g/mol. The van der Waals surface area contributed by atoms with Gasteiger partial charge < -0.3 is 5.32 Å². The molecule has 0 amide bonds. The van der Waals surface area contributed by atoms with E-state index in [9.17, 15) is 0 Å². The summed E-state index contributed by atoms with van der Waals surface area (Å²) >= 11 is 2.10. The van der Waals surface area contributed by atoms with E-state index in [-0.39, 0.29) is 0 Å². The Balaban J connectivity index is 2.22. The standard InChI is InChI=1S/C13H27NS/c1-3-10-14-13-8-6-5-7-12(13)9-11-15-4-2/h12-14H,3-11H2,1-2H3. The Hall–Kier alpha value is 0.310. The normalized spacial score (nSPS) is 26.8. The summed E-state index contributed by atoms with van der Waals surface area (Å²) in [6.07, 6.45) is 8.49. The number of hydrogen-bond acceptors (Lipinski definition) is 2. The minimum absolute atomic E-state index is 0.830. The Labute approximate surface area is 99.8 Å². The van der Waals surface area contributed by atoms with Gasteiger partial charge in [0.1, 0.15) is 0 Å². The number of thioether (sulfide) groups is 1. The second-order valence-electron chi connectivity index (χ2n) is 4.59. The maximum Gasteiger partial charge on any atom is 0.00956 e. The summed E-state index contributed by atoms with van der Waals surface area (Å²) in [5, 5.41) is 3.74. The minimum atomic E-state index is 0.830. The maximum absolute atomic E-state index is 3.74. The average molecular weight is 229 g/mol. The zero-order valence-electron chi connectivity index (χ0n) is 10.4. The molecule has 0 bridgehead atoms. The molecule has 0 spiro atoms. The molecule has 1 aliphatic carbocycles. The van der Waals surface area contributed by atoms with E-state index in [2.05, 4.69) is 30.9 Å². The van der Waals surface area contributed by atoms with E-state index >= 15 is 0 Å². The summed E-state index contributed by atoms with van der Waals surface area (Å²) in [6.45, 7) is 5.73. The van der Waals surface area contributed by atoms with E-state index in [1.807, 2.05) is 0 Å². The molecule has 0 aromatic heterocycles. The Morgan fingerprint density at radius 3 is 2.73 bits per heavy atom. The van der Waals surface area contributed by atoms with Gasteiger partial charge in [0.15, 0.2) is 0 Å². The van der Waals surface area contributed by atoms with Crippen LogP contribution in [0.4, 0.5) is 0 Å². The SMILES string of the molecule is CCCNC1CCCCC1CCSCC. The van der Waals surface area contributed by atoms with Gasteiger partial charge in [0, 0.05) is 6.04 Å². The maximum atomic E-state index is 3.74. The molecule has 1 N–H and O–H groups in total. The third kappa shape index (κ3) is 5.26. The van der Waals surface area contributed by atoms with Crippen molar-refractivity contribution < 1.29 is 0 Å². The lowest BCUT2D eigenvalue weighted by molar-refractivity contribution is 0.258. The zero-order valence-corrected chi connectivity index (χ0v) is 11.2. The lowest BCUT2D eigenvalue weighted by atomic mass is 9.83. The fourth-order valence-corrected chi connectivity index (χ4v) is 3.29. The van der Waals surface area contributed by atoms with Gasteiger partial charge in [0.25, 0.3) is 0 Å². The van der Waals surface area contributed by atoms with Crippen LogP contribution in [-0.2, 0) is 0 Å². The van der Waals surface area contributed by atoms with E-state index in [0.29, 0.717) is 0 Å². The van der Waals surface area contributed by atoms with Crippen LogP contribution in [0.1, 0.15) is 52.4 Å². The molecule has 1 aliphatic rings. The van der Waals surface area contributed by atoms with Gasteiger partial charge in [-0.05, 0) is 49.7 Å². The fraction of sp³-hybridized carbons (Fsp3) is 1.00. The summed E-state index contributed by atoms with van der Waals surface area (Å²) in [4.78, 5) is 0. The van der Waals surface area contributed by atoms with Crippen molar-refractivity contribution in [2.75, 3.05) is 18.1 Å². The molecule has 0 saturated heterocycles. The number of nitrogens with one attached hydrogen (secondary N) is 1. The van der Waals surface area contributed by atoms with Gasteiger partial charge in [-0.15, -0.1) is 0 Å². The van der Waals surface area contributed by atoms with Crippen molar-refractivity contribution in [3.05, 3.63) is 0 Å². The Morgan fingerprint density at radius 2 is 2.00 bits per heavy atom. The Morgan fingerprint density at radius 1 is 1.20 bits per heavy atom. The molecule has 0 aliphatic heterocycles. The van der Waals surface area contributed by atoms with Crippen molar-refractivity contribution in [2.24, 2.45) is 5.92 Å². The molecule has 0 heterocycles. The summed E-state index contributed by atoms with van der Waals surface area (Å²) in [5.74, 6) is 3.61. The van der Waals surface area contributed by atoms with Crippen LogP contribution in [-0.4, -0.2) is 24.1 Å². The largest absolute Gasteiger partial charge is 0.314 e. The second kappa shape index (κ2) is 8.46. The van der Waals surface area contributed by atoms with Gasteiger partial charge in [0.2, 0.25) is 0 Å². The van der Waals surface area contributed by atoms with Crippen LogP contribution in [0.15, 0.2) is 0 Å². The van der Waals surface area contributed by atoms with Gasteiger partial charge in [-0.25, -0.2) is 0 Å². The molecule has 2 atom stereocenters. The molecule has 0 aromatic carbocycles. The zero-order chi connectivity index (χ0) is 10.9. The first-order chi connectivity index (χ1) is 7.38. The fourth-order valence-electron chi connectivity index (χ4n) is 2.53. The van der Waals surface area contributed by atoms with Gasteiger partial charge in [-0.1, -0.05) is 26.7 Å². The van der Waals surface area contributed by atoms with Crippen molar-refractivity contribution in [1.82, 2.24) is 5.32 Å². The molecular weight excluding hydrogens is 202 g/mol. The molecule has 15 heavy (non-hydrogen) atoms. The molecule has 2 heteroatoms. The molecule has 1 saturated carbocycles. The van der Waals surface area contributed by atoms with Gasteiger partial charge in [0.05, 0.1) is 0 Å². The summed E-state index contributed by atoms with van der Waals surface area (Å²) in [6, 6.07) is 0.830. The highest BCUT2D eigenvalue weighted by Gasteiger charge is 2.23. The summed E-state index contributed by atoms with van der Waals surface area (Å²) in [5.41, 5.74) is 0. The van der Waals surface area contributed by atoms with Crippen molar-refractivity contribution in [1.29, 1.82) is 0 Å². The van der Waals surface area contributed by atoms with Crippen LogP contribution in [0.2, 0.25) is 0 Å². The highest BCUT2D eigenvalue weighted by molar-refractivity contribution is 7.99. The van der Waals surface area contributed by atoms with Crippen LogP contribution in [0.25, 0.3) is 0 Å². The Kier molecular flexibility index (Phi) is 7.54. The molecule has 2 unspecified atom stereocenters. The van der Waals surface area contributed by atoms with Crippen molar-refractivity contribution in [3.8, 4) is 0 Å². The van der Waals surface area contributed by atoms with Crippen molar-refractivity contribution in [2.45, 2.75) is 58.4 Å². The van der Waals surface area contributed by atoms with E-state index in [1.54, 1.807) is 0 Å². The summed E-state index contributed by atoms with van der Waals surface area (Å²) in [7, 11) is 0. The average Bonchev–Trinajstić information content (AvgIpc) is 2.28. The summed E-state index contributed by atoms with van der Waals surface area (Å²) < 4.78 is 0. The molecule has 1 nitrogen and oxygen atoms in total. The lowest BCUT2D eigenvalue weighted by Crippen LogP contribution is -2.39. The highest BCUT2D eigenvalue weighted by Crippen LogP contribution is 2.28. The van der Waals surface area contributed by atoms with E-state index < -0.39 is 0 Å². The molecule has 0 aromatic rings. The Bertz CT molecular complexity index is 149. The first-order valence-electron chi connectivity index (χ1n) is 6.69. The van der Waals surface area contributed by atoms with Crippen molar-refractivity contribution >= 4 is 11.8 Å². The topological polar surface area (TPSA) is 12.0 Å². The van der Waals surface area contributed by atoms with Crippen LogP contribution < -0.4 is 5.32 Å². The first kappa shape index (κ1) is 13.4. The van der Waals surface area contributed by atoms with Crippen LogP contribution >= 0.6 is 11.8 Å². The molecular formula is C13H27NS. The van der Waals surface area contributed by atoms with Crippen molar-refractivity contribution in [3.63, 3.8) is 0 Å². The smallest absolute Gasteiger partial charge is 0.00956 e. The number of rotatable bonds is 7. The van der Waals surface area contributed by atoms with Crippen LogP contribution in [0, 0.1) is 5.92 Å². The van der Waals surface area contributed by atoms with Gasteiger partial charge >= 0.3 is 0 Å². The molecule has 1 fully saturated rings.